The number of carbonyl (C=O) groups is 2. The van der Waals surface area contributed by atoms with Gasteiger partial charge < -0.3 is 24.4 Å². The summed E-state index contributed by atoms with van der Waals surface area (Å²) in [5.41, 5.74) is -1.80. The summed E-state index contributed by atoms with van der Waals surface area (Å²) in [6, 6.07) is 0. The Bertz CT molecular complexity index is 1130. The van der Waals surface area contributed by atoms with Gasteiger partial charge in [-0.1, -0.05) is 27.7 Å². The number of rotatable bonds is 4. The van der Waals surface area contributed by atoms with Gasteiger partial charge in [0.25, 0.3) is 0 Å². The molecule has 0 bridgehead atoms. The summed E-state index contributed by atoms with van der Waals surface area (Å²) in [5, 5.41) is 22.7. The van der Waals surface area contributed by atoms with Crippen LogP contribution in [0.4, 0.5) is 0 Å². The highest BCUT2D eigenvalue weighted by Gasteiger charge is 2.85. The smallest absolute Gasteiger partial charge is 0.302 e. The van der Waals surface area contributed by atoms with E-state index in [-0.39, 0.29) is 69.2 Å². The van der Waals surface area contributed by atoms with E-state index in [1.54, 1.807) is 0 Å². The quantitative estimate of drug-likeness (QED) is 0.423. The zero-order chi connectivity index (χ0) is 30.2. The molecule has 6 aliphatic rings. The van der Waals surface area contributed by atoms with Crippen molar-refractivity contribution in [3.8, 4) is 0 Å². The lowest BCUT2D eigenvalue weighted by Crippen LogP contribution is -2.63. The Hall–Kier alpha value is -1.18. The number of ether oxygens (including phenoxy) is 3. The first kappa shape index (κ1) is 29.9. The lowest BCUT2D eigenvalue weighted by atomic mass is 9.41. The molecule has 41 heavy (non-hydrogen) atoms. The summed E-state index contributed by atoms with van der Waals surface area (Å²) in [4.78, 5) is 24.6. The minimum absolute atomic E-state index is 0.0274. The molecule has 6 fully saturated rings. The lowest BCUT2D eigenvalue weighted by molar-refractivity contribution is -0.224. The number of carbonyl (C=O) groups excluding carboxylic acids is 2. The van der Waals surface area contributed by atoms with Crippen molar-refractivity contribution in [1.29, 1.82) is 0 Å². The van der Waals surface area contributed by atoms with E-state index in [4.69, 9.17) is 14.2 Å². The van der Waals surface area contributed by atoms with Crippen LogP contribution in [0.2, 0.25) is 0 Å². The molecule has 1 saturated heterocycles. The van der Waals surface area contributed by atoms with Gasteiger partial charge in [-0.25, -0.2) is 0 Å². The van der Waals surface area contributed by atoms with Crippen LogP contribution in [-0.2, 0) is 23.8 Å². The fourth-order valence-electron chi connectivity index (χ4n) is 12.8. The zero-order valence-electron chi connectivity index (χ0n) is 26.8. The van der Waals surface area contributed by atoms with Gasteiger partial charge in [0.2, 0.25) is 0 Å². The first-order valence-electron chi connectivity index (χ1n) is 16.2. The van der Waals surface area contributed by atoms with Crippen LogP contribution >= 0.6 is 0 Å². The highest BCUT2D eigenvalue weighted by molar-refractivity contribution is 5.67. The van der Waals surface area contributed by atoms with Crippen LogP contribution in [0.25, 0.3) is 0 Å². The van der Waals surface area contributed by atoms with Crippen LogP contribution in [0.15, 0.2) is 0 Å². The Morgan fingerprint density at radius 3 is 2.10 bits per heavy atom. The molecule has 5 aliphatic carbocycles. The van der Waals surface area contributed by atoms with E-state index in [0.29, 0.717) is 5.92 Å². The van der Waals surface area contributed by atoms with Crippen LogP contribution in [0, 0.1) is 44.8 Å². The number of aliphatic hydroxyl groups excluding tert-OH is 1. The Labute approximate surface area is 246 Å². The maximum Gasteiger partial charge on any atom is 0.302 e. The van der Waals surface area contributed by atoms with Crippen molar-refractivity contribution < 1.29 is 34.0 Å². The average molecular weight is 575 g/mol. The third-order valence-electron chi connectivity index (χ3n) is 14.3. The number of aliphatic hydroxyl groups is 2. The standard InChI is InChI=1S/C34H54O7/c1-19(35)39-22-16-23-31(8)17-21(37)26(32(9)12-10-25(41-32)29(5,6)38)30(31,7)14-15-33(23)18-34(33)13-11-24(40-20(2)36)28(3,4)27(22)34/h21-27,37-38H,10-18H2,1-9H3/t21-,22-,23-,24-,25-,26-,27-,30+,31-,32+,33-,34+/m0/s1. The van der Waals surface area contributed by atoms with Gasteiger partial charge in [0.15, 0.2) is 0 Å². The molecular formula is C34H54O7. The van der Waals surface area contributed by atoms with Crippen LogP contribution in [0.3, 0.4) is 0 Å². The Balaban J connectivity index is 1.38. The summed E-state index contributed by atoms with van der Waals surface area (Å²) < 4.78 is 18.8. The molecule has 5 saturated carbocycles. The second-order valence-electron chi connectivity index (χ2n) is 17.1. The highest BCUT2D eigenvalue weighted by atomic mass is 16.6. The summed E-state index contributed by atoms with van der Waals surface area (Å²) in [6.07, 6.45) is 7.08. The van der Waals surface area contributed by atoms with Gasteiger partial charge in [-0.3, -0.25) is 9.59 Å². The summed E-state index contributed by atoms with van der Waals surface area (Å²) in [5.74, 6) is -0.0675. The normalized spacial score (nSPS) is 53.4. The van der Waals surface area contributed by atoms with Crippen molar-refractivity contribution in [2.24, 2.45) is 44.8 Å². The molecule has 2 N–H and O–H groups in total. The average Bonchev–Trinajstić information content (AvgIpc) is 3.18. The predicted octanol–water partition coefficient (Wildman–Crippen LogP) is 5.58. The summed E-state index contributed by atoms with van der Waals surface area (Å²) in [7, 11) is 0. The molecule has 6 rings (SSSR count). The topological polar surface area (TPSA) is 102 Å². The van der Waals surface area contributed by atoms with Crippen molar-refractivity contribution in [2.45, 2.75) is 156 Å². The summed E-state index contributed by atoms with van der Waals surface area (Å²) >= 11 is 0. The maximum absolute atomic E-state index is 12.6. The molecule has 232 valence electrons. The molecule has 7 nitrogen and oxygen atoms in total. The molecule has 2 spiro atoms. The van der Waals surface area contributed by atoms with Crippen molar-refractivity contribution in [3.05, 3.63) is 0 Å². The van der Waals surface area contributed by atoms with Gasteiger partial charge >= 0.3 is 11.9 Å². The third-order valence-corrected chi connectivity index (χ3v) is 14.3. The number of fused-ring (bicyclic) bond motifs is 2. The van der Waals surface area contributed by atoms with E-state index in [9.17, 15) is 19.8 Å². The molecule has 12 atom stereocenters. The van der Waals surface area contributed by atoms with E-state index in [0.717, 1.165) is 57.8 Å². The molecule has 0 amide bonds. The summed E-state index contributed by atoms with van der Waals surface area (Å²) in [6.45, 7) is 18.1. The van der Waals surface area contributed by atoms with E-state index >= 15 is 0 Å². The lowest BCUT2D eigenvalue weighted by Gasteiger charge is -2.64. The molecule has 7 heteroatoms. The largest absolute Gasteiger partial charge is 0.462 e. The first-order valence-corrected chi connectivity index (χ1v) is 16.2. The minimum Gasteiger partial charge on any atom is -0.462 e. The Morgan fingerprint density at radius 1 is 0.854 bits per heavy atom. The van der Waals surface area contributed by atoms with E-state index in [1.807, 2.05) is 13.8 Å². The zero-order valence-corrected chi connectivity index (χ0v) is 26.8. The van der Waals surface area contributed by atoms with Gasteiger partial charge in [0, 0.05) is 31.1 Å². The van der Waals surface area contributed by atoms with Gasteiger partial charge in [-0.15, -0.1) is 0 Å². The van der Waals surface area contributed by atoms with Crippen LogP contribution in [0.1, 0.15) is 120 Å². The van der Waals surface area contributed by atoms with Gasteiger partial charge in [0.1, 0.15) is 12.2 Å². The van der Waals surface area contributed by atoms with Gasteiger partial charge in [-0.2, -0.15) is 0 Å². The fraction of sp³-hybridized carbons (Fsp3) is 0.941. The molecular weight excluding hydrogens is 520 g/mol. The van der Waals surface area contributed by atoms with Gasteiger partial charge in [-0.05, 0) is 106 Å². The minimum atomic E-state index is -0.921. The van der Waals surface area contributed by atoms with Crippen molar-refractivity contribution >= 4 is 11.9 Å². The number of hydrogen-bond donors (Lipinski definition) is 2. The van der Waals surface area contributed by atoms with E-state index in [1.165, 1.54) is 13.8 Å². The van der Waals surface area contributed by atoms with Crippen LogP contribution in [0.5, 0.6) is 0 Å². The number of hydrogen-bond acceptors (Lipinski definition) is 7. The molecule has 0 aromatic rings. The van der Waals surface area contributed by atoms with Crippen molar-refractivity contribution in [3.63, 3.8) is 0 Å². The second kappa shape index (κ2) is 8.72. The SMILES string of the molecule is CC(=O)O[C@H]1C[C@@H]2[C@]3(CC[C@]4(C)[C@@H]([C@@]5(C)CC[C@@H](C(C)(C)O)O5)[C@@H](O)C[C@@]24C)C[C@@]32CC[C@H](OC(C)=O)C(C)(C)[C@H]12. The Morgan fingerprint density at radius 2 is 1.51 bits per heavy atom. The fourth-order valence-corrected chi connectivity index (χ4v) is 12.8. The van der Waals surface area contributed by atoms with Crippen molar-refractivity contribution in [2.75, 3.05) is 0 Å². The van der Waals surface area contributed by atoms with Crippen molar-refractivity contribution in [1.82, 2.24) is 0 Å². The molecule has 0 aromatic heterocycles. The Kier molecular flexibility index (Phi) is 6.35. The molecule has 1 aliphatic heterocycles. The van der Waals surface area contributed by atoms with Crippen LogP contribution < -0.4 is 0 Å². The van der Waals surface area contributed by atoms with Gasteiger partial charge in [0.05, 0.1) is 23.4 Å². The van der Waals surface area contributed by atoms with E-state index < -0.39 is 17.3 Å². The van der Waals surface area contributed by atoms with Crippen LogP contribution in [-0.4, -0.2) is 57.8 Å². The monoisotopic (exact) mass is 574 g/mol. The molecule has 0 unspecified atom stereocenters. The number of esters is 2. The van der Waals surface area contributed by atoms with E-state index in [2.05, 4.69) is 34.6 Å². The highest BCUT2D eigenvalue weighted by Crippen LogP contribution is 2.89. The third kappa shape index (κ3) is 3.79. The second-order valence-corrected chi connectivity index (χ2v) is 17.1. The molecule has 0 radical (unpaired) electrons. The predicted molar refractivity (Wildman–Crippen MR) is 154 cm³/mol. The molecule has 1 heterocycles. The molecule has 0 aromatic carbocycles. The first-order chi connectivity index (χ1) is 18.8. The maximum atomic E-state index is 12.6.